The van der Waals surface area contributed by atoms with Crippen LogP contribution in [0.1, 0.15) is 5.56 Å². The summed E-state index contributed by atoms with van der Waals surface area (Å²) >= 11 is 0. The Hall–Kier alpha value is -6.37. The third kappa shape index (κ3) is 4.89. The van der Waals surface area contributed by atoms with Crippen LogP contribution in [0.4, 0.5) is 0 Å². The van der Waals surface area contributed by atoms with Crippen LogP contribution in [-0.4, -0.2) is 9.97 Å². The lowest BCUT2D eigenvalue weighted by atomic mass is 9.85. The molecule has 0 aliphatic rings. The molecule has 0 aliphatic heterocycles. The molecule has 3 heteroatoms. The van der Waals surface area contributed by atoms with E-state index in [1.54, 1.807) is 0 Å². The van der Waals surface area contributed by atoms with Gasteiger partial charge in [0.1, 0.15) is 0 Å². The van der Waals surface area contributed by atoms with Crippen LogP contribution in [0.2, 0.25) is 0 Å². The molecule has 0 amide bonds. The highest BCUT2D eigenvalue weighted by Crippen LogP contribution is 2.44. The zero-order valence-electron chi connectivity index (χ0n) is 24.9. The Balaban J connectivity index is 1.31. The highest BCUT2D eigenvalue weighted by atomic mass is 14.9. The lowest BCUT2D eigenvalue weighted by Gasteiger charge is -2.18. The van der Waals surface area contributed by atoms with Crippen LogP contribution in [0, 0.1) is 11.3 Å². The van der Waals surface area contributed by atoms with E-state index < -0.39 is 0 Å². The molecule has 214 valence electrons. The summed E-state index contributed by atoms with van der Waals surface area (Å²) in [6, 6.07) is 58.6. The molecular weight excluding hydrogens is 558 g/mol. The summed E-state index contributed by atoms with van der Waals surface area (Å²) in [5, 5.41) is 14.2. The third-order valence-corrected chi connectivity index (χ3v) is 8.53. The van der Waals surface area contributed by atoms with Gasteiger partial charge in [-0.05, 0) is 62.0 Å². The number of hydrogen-bond donors (Lipinski definition) is 0. The van der Waals surface area contributed by atoms with Crippen molar-refractivity contribution in [1.82, 2.24) is 9.97 Å². The summed E-state index contributed by atoms with van der Waals surface area (Å²) in [6.07, 6.45) is 0. The molecule has 0 unspecified atom stereocenters. The van der Waals surface area contributed by atoms with Crippen LogP contribution in [0.5, 0.6) is 0 Å². The second-order valence-corrected chi connectivity index (χ2v) is 11.3. The Bertz CT molecular complexity index is 2390. The first kappa shape index (κ1) is 27.2. The maximum absolute atomic E-state index is 9.31. The van der Waals surface area contributed by atoms with Crippen molar-refractivity contribution in [2.45, 2.75) is 0 Å². The van der Waals surface area contributed by atoms with Gasteiger partial charge in [0, 0.05) is 16.7 Å². The minimum absolute atomic E-state index is 0.619. The van der Waals surface area contributed by atoms with Crippen LogP contribution in [0.25, 0.3) is 77.7 Å². The van der Waals surface area contributed by atoms with Crippen LogP contribution in [0.15, 0.2) is 164 Å². The van der Waals surface area contributed by atoms with Crippen molar-refractivity contribution >= 4 is 21.5 Å². The number of hydrogen-bond acceptors (Lipinski definition) is 3. The molecule has 0 saturated carbocycles. The first-order chi connectivity index (χ1) is 22.8. The maximum atomic E-state index is 9.31. The largest absolute Gasteiger partial charge is 0.228 e. The monoisotopic (exact) mass is 585 g/mol. The number of benzene rings is 7. The van der Waals surface area contributed by atoms with E-state index in [0.717, 1.165) is 33.6 Å². The molecule has 1 aromatic heterocycles. The molecule has 0 radical (unpaired) electrons. The highest BCUT2D eigenvalue weighted by Gasteiger charge is 2.18. The molecule has 0 bridgehead atoms. The van der Waals surface area contributed by atoms with E-state index in [4.69, 9.17) is 9.97 Å². The van der Waals surface area contributed by atoms with Gasteiger partial charge in [0.15, 0.2) is 5.82 Å². The second kappa shape index (κ2) is 11.6. The van der Waals surface area contributed by atoms with Crippen LogP contribution in [-0.2, 0) is 0 Å². The van der Waals surface area contributed by atoms with E-state index in [9.17, 15) is 5.26 Å². The quantitative estimate of drug-likeness (QED) is 0.189. The Morgan fingerprint density at radius 2 is 0.761 bits per heavy atom. The molecule has 7 aromatic carbocycles. The van der Waals surface area contributed by atoms with Gasteiger partial charge in [0.25, 0.3) is 0 Å². The molecule has 8 aromatic rings. The molecule has 8 rings (SSSR count). The van der Waals surface area contributed by atoms with Gasteiger partial charge in [-0.3, -0.25) is 0 Å². The summed E-state index contributed by atoms with van der Waals surface area (Å²) < 4.78 is 0. The normalized spacial score (nSPS) is 11.0. The van der Waals surface area contributed by atoms with Crippen LogP contribution >= 0.6 is 0 Å². The zero-order chi connectivity index (χ0) is 30.9. The maximum Gasteiger partial charge on any atom is 0.160 e. The fourth-order valence-electron chi connectivity index (χ4n) is 6.33. The molecule has 0 atom stereocenters. The van der Waals surface area contributed by atoms with Gasteiger partial charge < -0.3 is 0 Å². The molecule has 3 nitrogen and oxygen atoms in total. The van der Waals surface area contributed by atoms with E-state index in [2.05, 4.69) is 121 Å². The molecule has 0 N–H and O–H groups in total. The molecule has 46 heavy (non-hydrogen) atoms. The summed E-state index contributed by atoms with van der Waals surface area (Å²) in [5.74, 6) is 0.652. The van der Waals surface area contributed by atoms with Crippen molar-refractivity contribution in [2.75, 3.05) is 0 Å². The van der Waals surface area contributed by atoms with Gasteiger partial charge in [0.2, 0.25) is 0 Å². The van der Waals surface area contributed by atoms with Gasteiger partial charge in [-0.15, -0.1) is 0 Å². The minimum atomic E-state index is 0.619. The number of fused-ring (bicyclic) bond motifs is 3. The van der Waals surface area contributed by atoms with E-state index in [0.29, 0.717) is 11.4 Å². The predicted molar refractivity (Wildman–Crippen MR) is 189 cm³/mol. The third-order valence-electron chi connectivity index (χ3n) is 8.53. The molecule has 0 spiro atoms. The lowest BCUT2D eigenvalue weighted by Crippen LogP contribution is -1.96. The number of aromatic nitrogens is 2. The van der Waals surface area contributed by atoms with Crippen molar-refractivity contribution in [2.24, 2.45) is 0 Å². The standard InChI is InChI=1S/C43H27N3/c44-28-29-19-21-31(22-20-29)40-27-39(30-11-3-1-4-12-30)45-43(46-40)34-25-23-33(24-26-34)42-38-18-10-8-16-36(38)35-15-7-9-17-37(35)41(42)32-13-5-2-6-14-32/h1-27H. The molecule has 1 heterocycles. The second-order valence-electron chi connectivity index (χ2n) is 11.3. The van der Waals surface area contributed by atoms with Crippen molar-refractivity contribution < 1.29 is 0 Å². The van der Waals surface area contributed by atoms with Gasteiger partial charge in [-0.25, -0.2) is 9.97 Å². The Kier molecular flexibility index (Phi) is 6.87. The van der Waals surface area contributed by atoms with Crippen molar-refractivity contribution in [3.8, 4) is 62.2 Å². The summed E-state index contributed by atoms with van der Waals surface area (Å²) in [4.78, 5) is 10.0. The van der Waals surface area contributed by atoms with Gasteiger partial charge in [0.05, 0.1) is 23.0 Å². The number of nitrogens with zero attached hydrogens (tertiary/aromatic N) is 3. The van der Waals surface area contributed by atoms with Crippen LogP contribution < -0.4 is 0 Å². The zero-order valence-corrected chi connectivity index (χ0v) is 24.9. The average Bonchev–Trinajstić information content (AvgIpc) is 3.15. The summed E-state index contributed by atoms with van der Waals surface area (Å²) in [6.45, 7) is 0. The van der Waals surface area contributed by atoms with Crippen molar-refractivity contribution in [1.29, 1.82) is 5.26 Å². The van der Waals surface area contributed by atoms with E-state index in [1.165, 1.54) is 38.2 Å². The summed E-state index contributed by atoms with van der Waals surface area (Å²) in [5.41, 5.74) is 9.93. The Morgan fingerprint density at radius 1 is 0.370 bits per heavy atom. The molecule has 0 saturated heterocycles. The minimum Gasteiger partial charge on any atom is -0.228 e. The van der Waals surface area contributed by atoms with Crippen LogP contribution in [0.3, 0.4) is 0 Å². The van der Waals surface area contributed by atoms with E-state index in [1.807, 2.05) is 48.5 Å². The van der Waals surface area contributed by atoms with Gasteiger partial charge in [-0.2, -0.15) is 5.26 Å². The first-order valence-corrected chi connectivity index (χ1v) is 15.3. The topological polar surface area (TPSA) is 49.6 Å². The highest BCUT2D eigenvalue weighted by molar-refractivity contribution is 6.21. The van der Waals surface area contributed by atoms with E-state index >= 15 is 0 Å². The van der Waals surface area contributed by atoms with Crippen molar-refractivity contribution in [3.63, 3.8) is 0 Å². The van der Waals surface area contributed by atoms with E-state index in [-0.39, 0.29) is 0 Å². The average molecular weight is 586 g/mol. The van der Waals surface area contributed by atoms with Gasteiger partial charge in [-0.1, -0.05) is 146 Å². The smallest absolute Gasteiger partial charge is 0.160 e. The molecular formula is C43H27N3. The lowest BCUT2D eigenvalue weighted by molar-refractivity contribution is 1.18. The molecule has 0 fully saturated rings. The number of rotatable bonds is 5. The first-order valence-electron chi connectivity index (χ1n) is 15.3. The Morgan fingerprint density at radius 3 is 1.28 bits per heavy atom. The molecule has 0 aliphatic carbocycles. The SMILES string of the molecule is N#Cc1ccc(-c2cc(-c3ccccc3)nc(-c3ccc(-c4c(-c5ccccc5)c5ccccc5c5ccccc45)cc3)n2)cc1. The number of nitriles is 1. The summed E-state index contributed by atoms with van der Waals surface area (Å²) in [7, 11) is 0. The van der Waals surface area contributed by atoms with Crippen molar-refractivity contribution in [3.05, 3.63) is 169 Å². The predicted octanol–water partition coefficient (Wildman–Crippen LogP) is 11.0. The fourth-order valence-corrected chi connectivity index (χ4v) is 6.33. The Labute approximate surface area is 267 Å². The fraction of sp³-hybridized carbons (Fsp3) is 0. The van der Waals surface area contributed by atoms with Gasteiger partial charge >= 0.3 is 0 Å².